The molecule has 0 saturated carbocycles. The van der Waals surface area contributed by atoms with Gasteiger partial charge in [-0.25, -0.2) is 5.26 Å². The highest BCUT2D eigenvalue weighted by molar-refractivity contribution is 6.85. The van der Waals surface area contributed by atoms with Crippen molar-refractivity contribution in [2.75, 3.05) is 0 Å². The van der Waals surface area contributed by atoms with Crippen LogP contribution in [0.25, 0.3) is 0 Å². The van der Waals surface area contributed by atoms with Crippen molar-refractivity contribution in [3.8, 4) is 5.69 Å². The van der Waals surface area contributed by atoms with Crippen LogP contribution in [-0.4, -0.2) is 8.07 Å². The van der Waals surface area contributed by atoms with Crippen molar-refractivity contribution in [3.63, 3.8) is 0 Å². The van der Waals surface area contributed by atoms with Gasteiger partial charge in [-0.1, -0.05) is 26.9 Å². The molecule has 0 aromatic heterocycles. The van der Waals surface area contributed by atoms with Crippen molar-refractivity contribution in [1.82, 2.24) is 0 Å². The molecule has 8 heavy (non-hydrogen) atoms. The minimum atomic E-state index is -1.45. The Balaban J connectivity index is 3.97. The predicted molar refractivity (Wildman–Crippen MR) is 38.2 cm³/mol. The van der Waals surface area contributed by atoms with Crippen LogP contribution in [0.3, 0.4) is 0 Å². The van der Waals surface area contributed by atoms with Crippen molar-refractivity contribution in [2.24, 2.45) is 0 Å². The van der Waals surface area contributed by atoms with E-state index >= 15 is 0 Å². The lowest BCUT2D eigenvalue weighted by molar-refractivity contribution is 1.02. The maximum atomic E-state index is 8.58. The van der Waals surface area contributed by atoms with Gasteiger partial charge in [0, 0.05) is 5.69 Å². The van der Waals surface area contributed by atoms with Gasteiger partial charge in [0.05, 0.1) is 0 Å². The van der Waals surface area contributed by atoms with Crippen molar-refractivity contribution in [2.45, 2.75) is 32.5 Å². The van der Waals surface area contributed by atoms with E-state index in [2.05, 4.69) is 32.6 Å². The van der Waals surface area contributed by atoms with Crippen LogP contribution in [0.5, 0.6) is 0 Å². The summed E-state index contributed by atoms with van der Waals surface area (Å²) >= 11 is 0. The van der Waals surface area contributed by atoms with E-state index in [1.165, 1.54) is 0 Å². The van der Waals surface area contributed by atoms with Crippen LogP contribution in [-0.2, 0) is 0 Å². The van der Waals surface area contributed by atoms with Gasteiger partial charge in [-0.2, -0.15) is 0 Å². The minimum absolute atomic E-state index is 0.590. The Kier molecular flexibility index (Phi) is 2.23. The predicted octanol–water partition coefficient (Wildman–Crippen LogP) is 2.17. The second kappa shape index (κ2) is 2.32. The third-order valence-electron chi connectivity index (χ3n) is 1.73. The smallest absolute Gasteiger partial charge is 0.170 e. The highest BCUT2D eigenvalue weighted by atomic mass is 28.3. The fourth-order valence-corrected chi connectivity index (χ4v) is 0.387. The van der Waals surface area contributed by atoms with Crippen molar-refractivity contribution in [1.29, 1.82) is 5.26 Å². The van der Waals surface area contributed by atoms with E-state index in [9.17, 15) is 0 Å². The molecule has 0 rings (SSSR count). The SMILES string of the molecule is CC(C)[Si](C)(C)C#N. The molecule has 0 spiro atoms. The van der Waals surface area contributed by atoms with E-state index in [0.29, 0.717) is 5.54 Å². The fraction of sp³-hybridized carbons (Fsp3) is 0.833. The van der Waals surface area contributed by atoms with Crippen molar-refractivity contribution in [3.05, 3.63) is 0 Å². The Morgan fingerprint density at radius 1 is 1.38 bits per heavy atom. The van der Waals surface area contributed by atoms with Crippen LogP contribution >= 0.6 is 0 Å². The molecule has 46 valence electrons. The molecular weight excluding hydrogens is 114 g/mol. The number of hydrogen-bond donors (Lipinski definition) is 0. The van der Waals surface area contributed by atoms with Crippen LogP contribution in [0, 0.1) is 11.0 Å². The largest absolute Gasteiger partial charge is 0.207 e. The van der Waals surface area contributed by atoms with Gasteiger partial charge in [-0.15, -0.1) is 0 Å². The number of rotatable bonds is 1. The maximum absolute atomic E-state index is 8.58. The Morgan fingerprint density at radius 3 is 1.75 bits per heavy atom. The summed E-state index contributed by atoms with van der Waals surface area (Å²) in [7, 11) is -1.45. The molecule has 0 fully saturated rings. The van der Waals surface area contributed by atoms with E-state index in [4.69, 9.17) is 5.26 Å². The molecule has 0 unspecified atom stereocenters. The lowest BCUT2D eigenvalue weighted by Crippen LogP contribution is -2.26. The highest BCUT2D eigenvalue weighted by Crippen LogP contribution is 2.17. The molecule has 0 N–H and O–H groups in total. The summed E-state index contributed by atoms with van der Waals surface area (Å²) in [4.78, 5) is 0. The average Bonchev–Trinajstić information content (AvgIpc) is 1.67. The zero-order valence-corrected chi connectivity index (χ0v) is 7.02. The Labute approximate surface area is 52.3 Å². The normalized spacial score (nSPS) is 11.5. The highest BCUT2D eigenvalue weighted by Gasteiger charge is 2.24. The van der Waals surface area contributed by atoms with Gasteiger partial charge in [-0.3, -0.25) is 0 Å². The Hall–Kier alpha value is -0.293. The molecule has 0 bridgehead atoms. The molecule has 0 aliphatic heterocycles. The first-order chi connectivity index (χ1) is 3.50. The van der Waals surface area contributed by atoms with Gasteiger partial charge < -0.3 is 0 Å². The second-order valence-corrected chi connectivity index (χ2v) is 7.81. The number of nitrogens with zero attached hydrogens (tertiary/aromatic N) is 1. The summed E-state index contributed by atoms with van der Waals surface area (Å²) in [6.45, 7) is 8.43. The molecular formula is C6H13NSi. The summed E-state index contributed by atoms with van der Waals surface area (Å²) < 4.78 is 0. The van der Waals surface area contributed by atoms with Gasteiger partial charge >= 0.3 is 0 Å². The number of nitriles is 1. The third-order valence-corrected chi connectivity index (χ3v) is 5.19. The van der Waals surface area contributed by atoms with Crippen LogP contribution in [0.15, 0.2) is 0 Å². The number of hydrogen-bond acceptors (Lipinski definition) is 1. The van der Waals surface area contributed by atoms with Crippen LogP contribution in [0.4, 0.5) is 0 Å². The standard InChI is InChI=1S/C6H13NSi/c1-6(2)8(3,4)5-7/h6H,1-4H3. The van der Waals surface area contributed by atoms with Crippen LogP contribution in [0.2, 0.25) is 18.6 Å². The Morgan fingerprint density at radius 2 is 1.75 bits per heavy atom. The molecule has 0 aliphatic carbocycles. The zero-order chi connectivity index (χ0) is 6.78. The molecule has 1 nitrogen and oxygen atoms in total. The quantitative estimate of drug-likeness (QED) is 0.495. The first-order valence-electron chi connectivity index (χ1n) is 2.92. The fourth-order valence-electron chi connectivity index (χ4n) is 0.129. The van der Waals surface area contributed by atoms with Gasteiger partial charge in [0.2, 0.25) is 0 Å². The summed E-state index contributed by atoms with van der Waals surface area (Å²) in [6, 6.07) is 0. The molecule has 0 atom stereocenters. The first-order valence-corrected chi connectivity index (χ1v) is 5.99. The maximum Gasteiger partial charge on any atom is 0.170 e. The Bertz CT molecular complexity index is 110. The van der Waals surface area contributed by atoms with Crippen LogP contribution in [0.1, 0.15) is 13.8 Å². The summed E-state index contributed by atoms with van der Waals surface area (Å²) in [5, 5.41) is 8.58. The van der Waals surface area contributed by atoms with Gasteiger partial charge in [0.1, 0.15) is 0 Å². The molecule has 0 heterocycles. The monoisotopic (exact) mass is 127 g/mol. The van der Waals surface area contributed by atoms with Crippen LogP contribution < -0.4 is 0 Å². The van der Waals surface area contributed by atoms with Gasteiger partial charge in [0.15, 0.2) is 8.07 Å². The molecule has 2 heteroatoms. The van der Waals surface area contributed by atoms with E-state index in [-0.39, 0.29) is 0 Å². The van der Waals surface area contributed by atoms with Gasteiger partial charge in [-0.05, 0) is 5.54 Å². The van der Waals surface area contributed by atoms with E-state index in [1.54, 1.807) is 0 Å². The molecule has 0 amide bonds. The van der Waals surface area contributed by atoms with E-state index in [1.807, 2.05) is 0 Å². The topological polar surface area (TPSA) is 23.8 Å². The van der Waals surface area contributed by atoms with Gasteiger partial charge in [0.25, 0.3) is 0 Å². The summed E-state index contributed by atoms with van der Waals surface area (Å²) in [5.41, 5.74) is 2.97. The van der Waals surface area contributed by atoms with E-state index < -0.39 is 8.07 Å². The molecule has 0 aromatic carbocycles. The zero-order valence-electron chi connectivity index (χ0n) is 6.02. The van der Waals surface area contributed by atoms with Crippen molar-refractivity contribution >= 4 is 8.07 Å². The summed E-state index contributed by atoms with van der Waals surface area (Å²) in [6.07, 6.45) is 0. The lowest BCUT2D eigenvalue weighted by Gasteiger charge is -2.15. The second-order valence-electron chi connectivity index (χ2n) is 2.99. The van der Waals surface area contributed by atoms with E-state index in [0.717, 1.165) is 0 Å². The molecule has 0 saturated heterocycles. The minimum Gasteiger partial charge on any atom is -0.207 e. The molecule has 0 aliphatic rings. The lowest BCUT2D eigenvalue weighted by atomic mass is 10.6. The third kappa shape index (κ3) is 1.67. The molecule has 0 radical (unpaired) electrons. The average molecular weight is 127 g/mol. The van der Waals surface area contributed by atoms with Crippen molar-refractivity contribution < 1.29 is 0 Å². The molecule has 0 aromatic rings. The first kappa shape index (κ1) is 7.71. The summed E-state index contributed by atoms with van der Waals surface area (Å²) in [5.74, 6) is 0.